The van der Waals surface area contributed by atoms with Crippen LogP contribution in [0.25, 0.3) is 21.9 Å². The Balaban J connectivity index is 1.89. The molecule has 0 saturated carbocycles. The highest BCUT2D eigenvalue weighted by Gasteiger charge is 2.28. The van der Waals surface area contributed by atoms with Crippen molar-refractivity contribution in [1.29, 1.82) is 0 Å². The van der Waals surface area contributed by atoms with Crippen LogP contribution >= 0.6 is 0 Å². The Morgan fingerprint density at radius 1 is 0.767 bits per heavy atom. The number of fused-ring (bicyclic) bond motifs is 3. The van der Waals surface area contributed by atoms with Crippen LogP contribution in [-0.4, -0.2) is 39.7 Å². The lowest BCUT2D eigenvalue weighted by Gasteiger charge is -2.17. The van der Waals surface area contributed by atoms with E-state index in [4.69, 9.17) is 28.4 Å². The van der Waals surface area contributed by atoms with Gasteiger partial charge in [-0.3, -0.25) is 0 Å². The zero-order chi connectivity index (χ0) is 20.8. The molecule has 0 N–H and O–H groups in total. The molecule has 2 aliphatic rings. The van der Waals surface area contributed by atoms with Gasteiger partial charge < -0.3 is 28.4 Å². The summed E-state index contributed by atoms with van der Waals surface area (Å²) in [5, 5.41) is 1.37. The summed E-state index contributed by atoms with van der Waals surface area (Å²) in [6.45, 7) is 0.211. The minimum absolute atomic E-state index is 0.0865. The van der Waals surface area contributed by atoms with Crippen LogP contribution in [0.5, 0.6) is 23.0 Å². The second-order valence-corrected chi connectivity index (χ2v) is 6.65. The molecule has 0 amide bonds. The number of carbonyl (C=O) groups excluding carboxylic acids is 2. The van der Waals surface area contributed by atoms with E-state index in [1.54, 1.807) is 36.4 Å². The third-order valence-corrected chi connectivity index (χ3v) is 5.09. The Hall–Kier alpha value is -3.94. The number of rotatable bonds is 3. The maximum absolute atomic E-state index is 12.8. The Bertz CT molecular complexity index is 1210. The zero-order valence-electron chi connectivity index (χ0n) is 16.1. The number of hydrogen-bond acceptors (Lipinski definition) is 8. The van der Waals surface area contributed by atoms with Crippen molar-refractivity contribution in [2.24, 2.45) is 0 Å². The highest BCUT2D eigenvalue weighted by molar-refractivity contribution is 6.16. The third-order valence-electron chi connectivity index (χ3n) is 5.09. The molecule has 2 aliphatic heterocycles. The fourth-order valence-electron chi connectivity index (χ4n) is 3.73. The summed E-state index contributed by atoms with van der Waals surface area (Å²) in [5.74, 6) is 0.927. The van der Waals surface area contributed by atoms with E-state index in [9.17, 15) is 9.59 Å². The third kappa shape index (κ3) is 2.68. The van der Waals surface area contributed by atoms with Crippen LogP contribution in [0.4, 0.5) is 0 Å². The number of carbonyl (C=O) groups is 2. The van der Waals surface area contributed by atoms with Crippen LogP contribution in [-0.2, 0) is 9.47 Å². The van der Waals surface area contributed by atoms with Gasteiger partial charge in [-0.1, -0.05) is 6.07 Å². The maximum Gasteiger partial charge on any atom is 0.339 e. The fourth-order valence-corrected chi connectivity index (χ4v) is 3.73. The predicted molar refractivity (Wildman–Crippen MR) is 104 cm³/mol. The molecule has 30 heavy (non-hydrogen) atoms. The van der Waals surface area contributed by atoms with Gasteiger partial charge >= 0.3 is 11.9 Å². The van der Waals surface area contributed by atoms with Crippen molar-refractivity contribution in [3.8, 4) is 34.1 Å². The number of ether oxygens (including phenoxy) is 6. The van der Waals surface area contributed by atoms with Gasteiger partial charge in [-0.2, -0.15) is 0 Å². The molecule has 0 atom stereocenters. The first-order valence-corrected chi connectivity index (χ1v) is 9.07. The minimum atomic E-state index is -0.664. The molecule has 0 aliphatic carbocycles. The molecule has 152 valence electrons. The van der Waals surface area contributed by atoms with Crippen LogP contribution in [0.1, 0.15) is 20.7 Å². The molecule has 0 fully saturated rings. The second kappa shape index (κ2) is 6.84. The van der Waals surface area contributed by atoms with E-state index in [0.29, 0.717) is 44.9 Å². The summed E-state index contributed by atoms with van der Waals surface area (Å²) in [6, 6.07) is 10.4. The van der Waals surface area contributed by atoms with Crippen LogP contribution in [0, 0.1) is 0 Å². The van der Waals surface area contributed by atoms with Gasteiger partial charge in [0.25, 0.3) is 0 Å². The van der Waals surface area contributed by atoms with Crippen molar-refractivity contribution in [3.63, 3.8) is 0 Å². The Morgan fingerprint density at radius 2 is 1.40 bits per heavy atom. The highest BCUT2D eigenvalue weighted by atomic mass is 16.7. The quantitative estimate of drug-likeness (QED) is 0.608. The molecule has 0 unspecified atom stereocenters. The van der Waals surface area contributed by atoms with Crippen LogP contribution in [0.15, 0.2) is 36.4 Å². The molecule has 8 nitrogen and oxygen atoms in total. The van der Waals surface area contributed by atoms with Gasteiger partial charge in [0.2, 0.25) is 13.6 Å². The molecule has 0 radical (unpaired) electrons. The number of esters is 2. The number of methoxy groups -OCH3 is 2. The smallest absolute Gasteiger partial charge is 0.339 e. The summed E-state index contributed by atoms with van der Waals surface area (Å²) in [5.41, 5.74) is 1.32. The maximum atomic E-state index is 12.8. The molecule has 3 aromatic carbocycles. The Morgan fingerprint density at radius 3 is 2.10 bits per heavy atom. The Kier molecular flexibility index (Phi) is 4.13. The van der Waals surface area contributed by atoms with Gasteiger partial charge in [-0.05, 0) is 46.7 Å². The molecular weight excluding hydrogens is 392 g/mol. The van der Waals surface area contributed by atoms with E-state index >= 15 is 0 Å². The molecule has 0 saturated heterocycles. The lowest BCUT2D eigenvalue weighted by Crippen LogP contribution is -2.14. The van der Waals surface area contributed by atoms with E-state index < -0.39 is 11.9 Å². The summed E-state index contributed by atoms with van der Waals surface area (Å²) < 4.78 is 31.8. The summed E-state index contributed by atoms with van der Waals surface area (Å²) in [7, 11) is 2.52. The first-order valence-electron chi connectivity index (χ1n) is 9.07. The van der Waals surface area contributed by atoms with Gasteiger partial charge in [-0.15, -0.1) is 0 Å². The number of hydrogen-bond donors (Lipinski definition) is 0. The van der Waals surface area contributed by atoms with Gasteiger partial charge in [-0.25, -0.2) is 9.59 Å². The monoisotopic (exact) mass is 408 g/mol. The van der Waals surface area contributed by atoms with E-state index in [0.717, 1.165) is 0 Å². The molecule has 0 bridgehead atoms. The first-order chi connectivity index (χ1) is 14.6. The largest absolute Gasteiger partial charge is 0.465 e. The van der Waals surface area contributed by atoms with Crippen molar-refractivity contribution in [1.82, 2.24) is 0 Å². The standard InChI is InChI=1S/C22H16O8/c1-25-21(23)14-5-12-7-17-18(30-10-29-17)8-13(12)19(20(14)22(24)26-2)11-3-4-15-16(6-11)28-9-27-15/h3-8H,9-10H2,1-2H3. The summed E-state index contributed by atoms with van der Waals surface area (Å²) >= 11 is 0. The molecule has 3 aromatic rings. The molecule has 8 heteroatoms. The molecular formula is C22H16O8. The van der Waals surface area contributed by atoms with E-state index in [1.807, 2.05) is 0 Å². The molecule has 5 rings (SSSR count). The lowest BCUT2D eigenvalue weighted by atomic mass is 9.89. The van der Waals surface area contributed by atoms with Crippen molar-refractivity contribution in [3.05, 3.63) is 47.5 Å². The van der Waals surface area contributed by atoms with Gasteiger partial charge in [0.05, 0.1) is 25.3 Å². The van der Waals surface area contributed by atoms with Crippen molar-refractivity contribution in [2.75, 3.05) is 27.8 Å². The summed E-state index contributed by atoms with van der Waals surface area (Å²) in [6.07, 6.45) is 0. The predicted octanol–water partition coefficient (Wildman–Crippen LogP) is 3.54. The van der Waals surface area contributed by atoms with Crippen LogP contribution < -0.4 is 18.9 Å². The van der Waals surface area contributed by atoms with Crippen LogP contribution in [0.3, 0.4) is 0 Å². The second-order valence-electron chi connectivity index (χ2n) is 6.65. The number of benzene rings is 3. The first kappa shape index (κ1) is 18.1. The average Bonchev–Trinajstić information content (AvgIpc) is 3.43. The van der Waals surface area contributed by atoms with Crippen molar-refractivity contribution >= 4 is 22.7 Å². The average molecular weight is 408 g/mol. The van der Waals surface area contributed by atoms with E-state index in [1.165, 1.54) is 14.2 Å². The van der Waals surface area contributed by atoms with Gasteiger partial charge in [0, 0.05) is 5.56 Å². The molecule has 0 spiro atoms. The van der Waals surface area contributed by atoms with Crippen molar-refractivity contribution in [2.45, 2.75) is 0 Å². The highest BCUT2D eigenvalue weighted by Crippen LogP contribution is 2.44. The Labute approximate surface area is 170 Å². The fraction of sp³-hybridized carbons (Fsp3) is 0.182. The lowest BCUT2D eigenvalue weighted by molar-refractivity contribution is 0.0556. The molecule has 0 aromatic heterocycles. The minimum Gasteiger partial charge on any atom is -0.465 e. The van der Waals surface area contributed by atoms with Crippen LogP contribution in [0.2, 0.25) is 0 Å². The SMILES string of the molecule is COC(=O)c1cc2cc3c(cc2c(-c2ccc4c(c2)OCO4)c1C(=O)OC)OCO3. The topological polar surface area (TPSA) is 89.5 Å². The normalized spacial score (nSPS) is 13.4. The van der Waals surface area contributed by atoms with Gasteiger partial charge in [0.1, 0.15) is 0 Å². The van der Waals surface area contributed by atoms with Crippen molar-refractivity contribution < 1.29 is 38.0 Å². The summed E-state index contributed by atoms with van der Waals surface area (Å²) in [4.78, 5) is 25.4. The van der Waals surface area contributed by atoms with E-state index in [-0.39, 0.29) is 24.7 Å². The molecule has 2 heterocycles. The zero-order valence-corrected chi connectivity index (χ0v) is 16.1. The van der Waals surface area contributed by atoms with Gasteiger partial charge in [0.15, 0.2) is 23.0 Å². The van der Waals surface area contributed by atoms with E-state index in [2.05, 4.69) is 0 Å².